The molecule has 0 aliphatic rings. The predicted molar refractivity (Wildman–Crippen MR) is 91.8 cm³/mol. The first-order chi connectivity index (χ1) is 11.3. The molecule has 0 nitrogen and oxygen atoms in total. The van der Waals surface area contributed by atoms with E-state index in [0.29, 0.717) is 11.1 Å². The lowest BCUT2D eigenvalue weighted by Gasteiger charge is -2.15. The molecule has 0 N–H and O–H groups in total. The van der Waals surface area contributed by atoms with E-state index >= 15 is 0 Å². The van der Waals surface area contributed by atoms with Gasteiger partial charge in [0, 0.05) is 0 Å². The average Bonchev–Trinajstić information content (AvgIpc) is 2.53. The second-order valence-electron chi connectivity index (χ2n) is 6.00. The Morgan fingerprint density at radius 1 is 0.625 bits per heavy atom. The van der Waals surface area contributed by atoms with Crippen LogP contribution in [0.25, 0.3) is 22.3 Å². The molecule has 0 atom stereocenters. The largest absolute Gasteiger partial charge is 0.417 e. The molecule has 0 heterocycles. The summed E-state index contributed by atoms with van der Waals surface area (Å²) in [6.45, 7) is 3.80. The Kier molecular flexibility index (Phi) is 4.18. The van der Waals surface area contributed by atoms with Gasteiger partial charge < -0.3 is 0 Å². The van der Waals surface area contributed by atoms with Crippen molar-refractivity contribution in [1.29, 1.82) is 0 Å². The average molecular weight is 326 g/mol. The van der Waals surface area contributed by atoms with E-state index in [1.54, 1.807) is 30.3 Å². The van der Waals surface area contributed by atoms with Gasteiger partial charge in [0.25, 0.3) is 0 Å². The van der Waals surface area contributed by atoms with Gasteiger partial charge in [0.05, 0.1) is 5.56 Å². The highest BCUT2D eigenvalue weighted by molar-refractivity contribution is 5.74. The fraction of sp³-hybridized carbons (Fsp3) is 0.143. The highest BCUT2D eigenvalue weighted by Gasteiger charge is 2.34. The van der Waals surface area contributed by atoms with Gasteiger partial charge in [-0.3, -0.25) is 0 Å². The maximum absolute atomic E-state index is 13.6. The summed E-state index contributed by atoms with van der Waals surface area (Å²) in [6, 6.07) is 19.2. The van der Waals surface area contributed by atoms with E-state index in [-0.39, 0.29) is 5.56 Å². The third-order valence-electron chi connectivity index (χ3n) is 4.01. The van der Waals surface area contributed by atoms with Crippen molar-refractivity contribution in [3.63, 3.8) is 0 Å². The molecule has 3 aromatic rings. The normalized spacial score (nSPS) is 11.5. The van der Waals surface area contributed by atoms with Gasteiger partial charge >= 0.3 is 6.18 Å². The van der Waals surface area contributed by atoms with E-state index < -0.39 is 11.7 Å². The Hall–Kier alpha value is -2.55. The summed E-state index contributed by atoms with van der Waals surface area (Å²) in [5.41, 5.74) is 3.50. The van der Waals surface area contributed by atoms with Crippen molar-refractivity contribution in [1.82, 2.24) is 0 Å². The molecule has 0 aromatic heterocycles. The number of benzene rings is 3. The minimum Gasteiger partial charge on any atom is -0.166 e. The maximum atomic E-state index is 13.6. The third kappa shape index (κ3) is 3.35. The van der Waals surface area contributed by atoms with Crippen molar-refractivity contribution in [2.24, 2.45) is 0 Å². The summed E-state index contributed by atoms with van der Waals surface area (Å²) >= 11 is 0. The predicted octanol–water partition coefficient (Wildman–Crippen LogP) is 6.66. The van der Waals surface area contributed by atoms with Crippen LogP contribution in [-0.4, -0.2) is 0 Å². The molecule has 3 aromatic carbocycles. The first-order valence-electron chi connectivity index (χ1n) is 7.70. The van der Waals surface area contributed by atoms with E-state index in [0.717, 1.165) is 16.7 Å². The summed E-state index contributed by atoms with van der Waals surface area (Å²) in [6.07, 6.45) is -4.40. The molecule has 0 saturated heterocycles. The van der Waals surface area contributed by atoms with E-state index in [4.69, 9.17) is 0 Å². The lowest BCUT2D eigenvalue weighted by atomic mass is 9.93. The molecular weight excluding hydrogens is 309 g/mol. The lowest BCUT2D eigenvalue weighted by molar-refractivity contribution is -0.137. The second kappa shape index (κ2) is 6.16. The van der Waals surface area contributed by atoms with Gasteiger partial charge in [0.1, 0.15) is 0 Å². The summed E-state index contributed by atoms with van der Waals surface area (Å²) in [7, 11) is 0. The van der Waals surface area contributed by atoms with Crippen LogP contribution in [0.1, 0.15) is 16.7 Å². The van der Waals surface area contributed by atoms with Crippen LogP contribution in [0.3, 0.4) is 0 Å². The number of hydrogen-bond donors (Lipinski definition) is 0. The molecule has 0 fully saturated rings. The summed E-state index contributed by atoms with van der Waals surface area (Å²) in [5.74, 6) is 0. The SMILES string of the molecule is Cc1cccc(-c2ccc(-c3cccc(C)c3)c(C(F)(F)F)c2)c1. The van der Waals surface area contributed by atoms with Crippen LogP contribution in [0.5, 0.6) is 0 Å². The van der Waals surface area contributed by atoms with Gasteiger partial charge in [-0.15, -0.1) is 0 Å². The van der Waals surface area contributed by atoms with Crippen LogP contribution in [0.2, 0.25) is 0 Å². The standard InChI is InChI=1S/C21H17F3/c1-14-5-3-7-16(11-14)17-9-10-19(20(13-17)21(22,23)24)18-8-4-6-15(2)12-18/h3-13H,1-2H3. The Bertz CT molecular complexity index is 876. The summed E-state index contributed by atoms with van der Waals surface area (Å²) in [4.78, 5) is 0. The molecule has 0 aliphatic carbocycles. The topological polar surface area (TPSA) is 0 Å². The summed E-state index contributed by atoms with van der Waals surface area (Å²) in [5, 5.41) is 0. The molecule has 0 unspecified atom stereocenters. The Balaban J connectivity index is 2.18. The smallest absolute Gasteiger partial charge is 0.166 e. The zero-order chi connectivity index (χ0) is 17.3. The second-order valence-corrected chi connectivity index (χ2v) is 6.00. The lowest BCUT2D eigenvalue weighted by Crippen LogP contribution is -2.07. The van der Waals surface area contributed by atoms with E-state index in [9.17, 15) is 13.2 Å². The quantitative estimate of drug-likeness (QED) is 0.494. The first kappa shape index (κ1) is 16.3. The molecule has 0 saturated carbocycles. The van der Waals surface area contributed by atoms with Crippen LogP contribution in [-0.2, 0) is 6.18 Å². The number of hydrogen-bond acceptors (Lipinski definition) is 0. The summed E-state index contributed by atoms with van der Waals surface area (Å²) < 4.78 is 40.8. The molecule has 3 heteroatoms. The van der Waals surface area contributed by atoms with Crippen molar-refractivity contribution in [2.75, 3.05) is 0 Å². The van der Waals surface area contributed by atoms with Crippen molar-refractivity contribution >= 4 is 0 Å². The van der Waals surface area contributed by atoms with E-state index in [1.807, 2.05) is 44.2 Å². The van der Waals surface area contributed by atoms with Gasteiger partial charge in [0.15, 0.2) is 0 Å². The molecule has 0 aliphatic heterocycles. The fourth-order valence-electron chi connectivity index (χ4n) is 2.85. The monoisotopic (exact) mass is 326 g/mol. The number of halogens is 3. The molecule has 0 amide bonds. The Morgan fingerprint density at radius 2 is 1.17 bits per heavy atom. The molecular formula is C21H17F3. The van der Waals surface area contributed by atoms with Gasteiger partial charge in [-0.1, -0.05) is 71.8 Å². The fourth-order valence-corrected chi connectivity index (χ4v) is 2.85. The van der Waals surface area contributed by atoms with E-state index in [2.05, 4.69) is 0 Å². The van der Waals surface area contributed by atoms with Crippen LogP contribution in [0.15, 0.2) is 66.7 Å². The van der Waals surface area contributed by atoms with Crippen LogP contribution >= 0.6 is 0 Å². The van der Waals surface area contributed by atoms with Crippen molar-refractivity contribution < 1.29 is 13.2 Å². The number of alkyl halides is 3. The van der Waals surface area contributed by atoms with Crippen LogP contribution in [0, 0.1) is 13.8 Å². The maximum Gasteiger partial charge on any atom is 0.417 e. The first-order valence-corrected chi connectivity index (χ1v) is 7.70. The molecule has 0 bridgehead atoms. The van der Waals surface area contributed by atoms with Crippen LogP contribution in [0.4, 0.5) is 13.2 Å². The molecule has 24 heavy (non-hydrogen) atoms. The van der Waals surface area contributed by atoms with Gasteiger partial charge in [-0.25, -0.2) is 0 Å². The van der Waals surface area contributed by atoms with Gasteiger partial charge in [-0.2, -0.15) is 13.2 Å². The minimum absolute atomic E-state index is 0.211. The number of aryl methyl sites for hydroxylation is 2. The minimum atomic E-state index is -4.40. The van der Waals surface area contributed by atoms with Crippen molar-refractivity contribution in [3.8, 4) is 22.3 Å². The highest BCUT2D eigenvalue weighted by Crippen LogP contribution is 2.39. The van der Waals surface area contributed by atoms with Crippen molar-refractivity contribution in [3.05, 3.63) is 83.4 Å². The van der Waals surface area contributed by atoms with Crippen LogP contribution < -0.4 is 0 Å². The zero-order valence-corrected chi connectivity index (χ0v) is 13.5. The molecule has 0 spiro atoms. The molecule has 122 valence electrons. The highest BCUT2D eigenvalue weighted by atomic mass is 19.4. The molecule has 0 radical (unpaired) electrons. The van der Waals surface area contributed by atoms with Gasteiger partial charge in [0.2, 0.25) is 0 Å². The zero-order valence-electron chi connectivity index (χ0n) is 13.5. The Labute approximate surface area is 139 Å². The molecule has 3 rings (SSSR count). The van der Waals surface area contributed by atoms with Crippen molar-refractivity contribution in [2.45, 2.75) is 20.0 Å². The van der Waals surface area contributed by atoms with Gasteiger partial charge in [-0.05, 0) is 42.2 Å². The third-order valence-corrected chi connectivity index (χ3v) is 4.01. The van der Waals surface area contributed by atoms with E-state index in [1.165, 1.54) is 6.07 Å². The number of rotatable bonds is 2. The Morgan fingerprint density at radius 3 is 1.75 bits per heavy atom.